The summed E-state index contributed by atoms with van der Waals surface area (Å²) in [6.45, 7) is 1.99. The van der Waals surface area contributed by atoms with E-state index in [1.807, 2.05) is 25.1 Å². The van der Waals surface area contributed by atoms with Crippen molar-refractivity contribution in [3.63, 3.8) is 0 Å². The molecule has 1 heterocycles. The van der Waals surface area contributed by atoms with E-state index in [1.54, 1.807) is 12.4 Å². The molecule has 0 aliphatic heterocycles. The summed E-state index contributed by atoms with van der Waals surface area (Å²) in [6, 6.07) is 5.84. The molecule has 2 aromatic rings. The largest absolute Gasteiger partial charge is 0.384 e. The molecule has 16 heavy (non-hydrogen) atoms. The molecule has 82 valence electrons. The summed E-state index contributed by atoms with van der Waals surface area (Å²) in [5.74, 6) is 0. The minimum Gasteiger partial charge on any atom is -0.384 e. The lowest BCUT2D eigenvalue weighted by Gasteiger charge is -2.11. The summed E-state index contributed by atoms with van der Waals surface area (Å²) in [5, 5.41) is 10.1. The first kappa shape index (κ1) is 11.2. The van der Waals surface area contributed by atoms with Crippen LogP contribution in [0, 0.1) is 6.92 Å². The lowest BCUT2D eigenvalue weighted by molar-refractivity contribution is 0.219. The minimum absolute atomic E-state index is 0.683. The third-order valence-corrected chi connectivity index (χ3v) is 2.73. The van der Waals surface area contributed by atoms with Crippen molar-refractivity contribution in [2.75, 3.05) is 0 Å². The molecule has 0 aliphatic carbocycles. The van der Waals surface area contributed by atoms with Gasteiger partial charge in [0.15, 0.2) is 0 Å². The van der Waals surface area contributed by atoms with Gasteiger partial charge in [0, 0.05) is 22.4 Å². The highest BCUT2D eigenvalue weighted by Crippen LogP contribution is 2.24. The highest BCUT2D eigenvalue weighted by Gasteiger charge is 2.11. The maximum atomic E-state index is 10.1. The molecular formula is C12H11BrN2O. The number of rotatable bonds is 2. The fourth-order valence-electron chi connectivity index (χ4n) is 1.57. The standard InChI is InChI=1S/C12H11BrN2O/c1-8-2-9(4-11(13)3-8)12(16)10-5-14-7-15-6-10/h2-7,12,16H,1H3. The molecule has 0 spiro atoms. The zero-order chi connectivity index (χ0) is 11.5. The molecule has 0 bridgehead atoms. The molecule has 4 heteroatoms. The quantitative estimate of drug-likeness (QED) is 0.919. The van der Waals surface area contributed by atoms with Crippen molar-refractivity contribution >= 4 is 15.9 Å². The Bertz CT molecular complexity index is 467. The molecule has 0 radical (unpaired) electrons. The summed E-state index contributed by atoms with van der Waals surface area (Å²) in [5.41, 5.74) is 2.63. The average Bonchev–Trinajstić information content (AvgIpc) is 2.28. The number of hydrogen-bond donors (Lipinski definition) is 1. The molecule has 0 saturated heterocycles. The summed E-state index contributed by atoms with van der Waals surface area (Å²) in [7, 11) is 0. The van der Waals surface area contributed by atoms with Gasteiger partial charge in [-0.25, -0.2) is 9.97 Å². The smallest absolute Gasteiger partial charge is 0.115 e. The van der Waals surface area contributed by atoms with Gasteiger partial charge in [-0.15, -0.1) is 0 Å². The Morgan fingerprint density at radius 3 is 2.44 bits per heavy atom. The second-order valence-corrected chi connectivity index (χ2v) is 4.55. The van der Waals surface area contributed by atoms with E-state index in [2.05, 4.69) is 25.9 Å². The topological polar surface area (TPSA) is 46.0 Å². The minimum atomic E-state index is -0.683. The highest BCUT2D eigenvalue weighted by atomic mass is 79.9. The molecular weight excluding hydrogens is 268 g/mol. The fourth-order valence-corrected chi connectivity index (χ4v) is 2.19. The number of aliphatic hydroxyl groups is 1. The van der Waals surface area contributed by atoms with E-state index in [0.717, 1.165) is 15.6 Å². The van der Waals surface area contributed by atoms with Gasteiger partial charge in [0.2, 0.25) is 0 Å². The van der Waals surface area contributed by atoms with Crippen LogP contribution < -0.4 is 0 Å². The van der Waals surface area contributed by atoms with Gasteiger partial charge < -0.3 is 5.11 Å². The van der Waals surface area contributed by atoms with Crippen LogP contribution in [0.25, 0.3) is 0 Å². The number of benzene rings is 1. The zero-order valence-corrected chi connectivity index (χ0v) is 10.3. The predicted molar refractivity (Wildman–Crippen MR) is 65.0 cm³/mol. The molecule has 0 aliphatic rings. The summed E-state index contributed by atoms with van der Waals surface area (Å²) >= 11 is 3.41. The van der Waals surface area contributed by atoms with E-state index in [-0.39, 0.29) is 0 Å². The number of halogens is 1. The Kier molecular flexibility index (Phi) is 3.31. The average molecular weight is 279 g/mol. The van der Waals surface area contributed by atoms with E-state index >= 15 is 0 Å². The van der Waals surface area contributed by atoms with Crippen LogP contribution in [-0.2, 0) is 0 Å². The van der Waals surface area contributed by atoms with Gasteiger partial charge in [0.1, 0.15) is 12.4 Å². The number of aryl methyl sites for hydroxylation is 1. The Morgan fingerprint density at radius 1 is 1.12 bits per heavy atom. The van der Waals surface area contributed by atoms with Gasteiger partial charge in [-0.05, 0) is 30.2 Å². The van der Waals surface area contributed by atoms with E-state index in [1.165, 1.54) is 6.33 Å². The first-order valence-electron chi connectivity index (χ1n) is 4.87. The first-order valence-corrected chi connectivity index (χ1v) is 5.66. The molecule has 0 fully saturated rings. The molecule has 0 amide bonds. The van der Waals surface area contributed by atoms with Gasteiger partial charge in [0.05, 0.1) is 0 Å². The van der Waals surface area contributed by atoms with E-state index in [9.17, 15) is 5.11 Å². The molecule has 2 rings (SSSR count). The van der Waals surface area contributed by atoms with Crippen molar-refractivity contribution in [3.05, 3.63) is 58.1 Å². The monoisotopic (exact) mass is 278 g/mol. The van der Waals surface area contributed by atoms with Crippen molar-refractivity contribution in [2.45, 2.75) is 13.0 Å². The number of hydrogen-bond acceptors (Lipinski definition) is 3. The first-order chi connectivity index (χ1) is 7.66. The number of aromatic nitrogens is 2. The van der Waals surface area contributed by atoms with Gasteiger partial charge in [-0.2, -0.15) is 0 Å². The Hall–Kier alpha value is -1.26. The van der Waals surface area contributed by atoms with Crippen LogP contribution in [0.1, 0.15) is 22.8 Å². The zero-order valence-electron chi connectivity index (χ0n) is 8.76. The third kappa shape index (κ3) is 2.46. The molecule has 1 aromatic heterocycles. The number of aliphatic hydroxyl groups excluding tert-OH is 1. The van der Waals surface area contributed by atoms with Crippen molar-refractivity contribution in [3.8, 4) is 0 Å². The van der Waals surface area contributed by atoms with Crippen LogP contribution in [-0.4, -0.2) is 15.1 Å². The van der Waals surface area contributed by atoms with Crippen LogP contribution in [0.3, 0.4) is 0 Å². The lowest BCUT2D eigenvalue weighted by Crippen LogP contribution is -2.01. The van der Waals surface area contributed by atoms with E-state index in [0.29, 0.717) is 5.56 Å². The van der Waals surface area contributed by atoms with Gasteiger partial charge in [-0.3, -0.25) is 0 Å². The SMILES string of the molecule is Cc1cc(Br)cc(C(O)c2cncnc2)c1. The highest BCUT2D eigenvalue weighted by molar-refractivity contribution is 9.10. The van der Waals surface area contributed by atoms with Gasteiger partial charge in [0.25, 0.3) is 0 Å². The lowest BCUT2D eigenvalue weighted by atomic mass is 10.0. The Labute approximate surface area is 102 Å². The molecule has 0 saturated carbocycles. The molecule has 3 nitrogen and oxygen atoms in total. The van der Waals surface area contributed by atoms with Gasteiger partial charge >= 0.3 is 0 Å². The van der Waals surface area contributed by atoms with Crippen LogP contribution >= 0.6 is 15.9 Å². The summed E-state index contributed by atoms with van der Waals surface area (Å²) in [4.78, 5) is 7.79. The third-order valence-electron chi connectivity index (χ3n) is 2.28. The summed E-state index contributed by atoms with van der Waals surface area (Å²) < 4.78 is 0.957. The second-order valence-electron chi connectivity index (χ2n) is 3.64. The van der Waals surface area contributed by atoms with Crippen LogP contribution in [0.5, 0.6) is 0 Å². The van der Waals surface area contributed by atoms with Crippen LogP contribution in [0.15, 0.2) is 41.4 Å². The Balaban J connectivity index is 2.37. The molecule has 1 aromatic carbocycles. The predicted octanol–water partition coefficient (Wildman–Crippen LogP) is 2.63. The van der Waals surface area contributed by atoms with E-state index < -0.39 is 6.10 Å². The fraction of sp³-hybridized carbons (Fsp3) is 0.167. The Morgan fingerprint density at radius 2 is 1.81 bits per heavy atom. The maximum absolute atomic E-state index is 10.1. The van der Waals surface area contributed by atoms with Crippen molar-refractivity contribution in [1.82, 2.24) is 9.97 Å². The maximum Gasteiger partial charge on any atom is 0.115 e. The van der Waals surface area contributed by atoms with Crippen molar-refractivity contribution in [1.29, 1.82) is 0 Å². The van der Waals surface area contributed by atoms with Gasteiger partial charge in [-0.1, -0.05) is 22.0 Å². The molecule has 1 atom stereocenters. The van der Waals surface area contributed by atoms with Crippen LogP contribution in [0.2, 0.25) is 0 Å². The second kappa shape index (κ2) is 4.72. The number of nitrogens with zero attached hydrogens (tertiary/aromatic N) is 2. The summed E-state index contributed by atoms with van der Waals surface area (Å²) in [6.07, 6.45) is 4.00. The van der Waals surface area contributed by atoms with Crippen molar-refractivity contribution in [2.24, 2.45) is 0 Å². The van der Waals surface area contributed by atoms with E-state index in [4.69, 9.17) is 0 Å². The molecule has 1 unspecified atom stereocenters. The normalized spacial score (nSPS) is 12.4. The van der Waals surface area contributed by atoms with Crippen LogP contribution in [0.4, 0.5) is 0 Å². The molecule has 1 N–H and O–H groups in total. The van der Waals surface area contributed by atoms with Crippen molar-refractivity contribution < 1.29 is 5.11 Å².